The molecule has 138 valence electrons. The van der Waals surface area contributed by atoms with E-state index in [1.54, 1.807) is 19.4 Å². The van der Waals surface area contributed by atoms with Crippen LogP contribution in [0.1, 0.15) is 24.2 Å². The van der Waals surface area contributed by atoms with Crippen LogP contribution in [0.5, 0.6) is 5.75 Å². The van der Waals surface area contributed by atoms with E-state index in [-0.39, 0.29) is 11.6 Å². The van der Waals surface area contributed by atoms with Gasteiger partial charge in [-0.3, -0.25) is 14.6 Å². The van der Waals surface area contributed by atoms with E-state index < -0.39 is 0 Å². The SMILES string of the molecule is COc1ccccc1-c1[nH]n2c(=O)cc(C[C@H](C)n3cccn3)nc2c1C. The molecule has 3 heterocycles. The molecule has 0 saturated carbocycles. The summed E-state index contributed by atoms with van der Waals surface area (Å²) in [5.74, 6) is 0.743. The lowest BCUT2D eigenvalue weighted by Crippen LogP contribution is -2.18. The van der Waals surface area contributed by atoms with Gasteiger partial charge in [-0.15, -0.1) is 0 Å². The quantitative estimate of drug-likeness (QED) is 0.591. The van der Waals surface area contributed by atoms with Crippen molar-refractivity contribution in [3.05, 3.63) is 70.4 Å². The Labute approximate surface area is 156 Å². The molecule has 0 spiro atoms. The molecule has 0 bridgehead atoms. The van der Waals surface area contributed by atoms with Gasteiger partial charge in [-0.05, 0) is 32.0 Å². The second kappa shape index (κ2) is 6.75. The molecule has 0 unspecified atom stereocenters. The lowest BCUT2D eigenvalue weighted by molar-refractivity contribution is 0.416. The number of benzene rings is 1. The van der Waals surface area contributed by atoms with E-state index in [2.05, 4.69) is 17.1 Å². The first kappa shape index (κ1) is 17.1. The van der Waals surface area contributed by atoms with E-state index in [0.717, 1.165) is 28.3 Å². The smallest absolute Gasteiger partial charge is 0.272 e. The molecule has 27 heavy (non-hydrogen) atoms. The Morgan fingerprint density at radius 2 is 2.07 bits per heavy atom. The van der Waals surface area contributed by atoms with Crippen molar-refractivity contribution in [2.24, 2.45) is 0 Å². The normalized spacial score (nSPS) is 12.4. The van der Waals surface area contributed by atoms with Crippen molar-refractivity contribution in [2.45, 2.75) is 26.3 Å². The highest BCUT2D eigenvalue weighted by atomic mass is 16.5. The average molecular weight is 363 g/mol. The molecule has 7 nitrogen and oxygen atoms in total. The molecule has 0 aliphatic heterocycles. The van der Waals surface area contributed by atoms with Crippen LogP contribution in [0.3, 0.4) is 0 Å². The number of H-pyrrole nitrogens is 1. The first-order chi connectivity index (χ1) is 13.1. The fraction of sp³-hybridized carbons (Fsp3) is 0.250. The number of nitrogens with zero attached hydrogens (tertiary/aromatic N) is 4. The zero-order chi connectivity index (χ0) is 19.0. The van der Waals surface area contributed by atoms with Crippen LogP contribution in [0.15, 0.2) is 53.6 Å². The van der Waals surface area contributed by atoms with E-state index >= 15 is 0 Å². The Morgan fingerprint density at radius 1 is 1.26 bits per heavy atom. The summed E-state index contributed by atoms with van der Waals surface area (Å²) in [6.07, 6.45) is 4.29. The van der Waals surface area contributed by atoms with Gasteiger partial charge in [-0.25, -0.2) is 9.50 Å². The number of hydrogen-bond donors (Lipinski definition) is 1. The minimum absolute atomic E-state index is 0.113. The Kier molecular flexibility index (Phi) is 4.27. The van der Waals surface area contributed by atoms with Gasteiger partial charge in [0.15, 0.2) is 5.65 Å². The predicted octanol–water partition coefficient (Wildman–Crippen LogP) is 3.01. The highest BCUT2D eigenvalue weighted by Gasteiger charge is 2.17. The van der Waals surface area contributed by atoms with Gasteiger partial charge in [0.05, 0.1) is 24.5 Å². The zero-order valence-electron chi connectivity index (χ0n) is 15.5. The molecule has 0 saturated heterocycles. The average Bonchev–Trinajstić information content (AvgIpc) is 3.31. The lowest BCUT2D eigenvalue weighted by Gasteiger charge is -2.11. The molecular formula is C20H21N5O2. The molecule has 0 radical (unpaired) electrons. The second-order valence-electron chi connectivity index (χ2n) is 6.60. The van der Waals surface area contributed by atoms with Crippen LogP contribution in [-0.2, 0) is 6.42 Å². The zero-order valence-corrected chi connectivity index (χ0v) is 15.5. The molecule has 0 fully saturated rings. The molecule has 0 aliphatic rings. The third-order valence-electron chi connectivity index (χ3n) is 4.76. The predicted molar refractivity (Wildman–Crippen MR) is 103 cm³/mol. The van der Waals surface area contributed by atoms with Gasteiger partial charge >= 0.3 is 0 Å². The van der Waals surface area contributed by atoms with Gasteiger partial charge in [0.25, 0.3) is 5.56 Å². The number of hydrogen-bond acceptors (Lipinski definition) is 4. The fourth-order valence-corrected chi connectivity index (χ4v) is 3.35. The first-order valence-electron chi connectivity index (χ1n) is 8.82. The topological polar surface area (TPSA) is 77.2 Å². The molecule has 4 rings (SSSR count). The van der Waals surface area contributed by atoms with Crippen LogP contribution in [0.2, 0.25) is 0 Å². The summed E-state index contributed by atoms with van der Waals surface area (Å²) in [7, 11) is 1.63. The maximum Gasteiger partial charge on any atom is 0.272 e. The monoisotopic (exact) mass is 363 g/mol. The molecule has 1 aromatic carbocycles. The maximum atomic E-state index is 12.7. The summed E-state index contributed by atoms with van der Waals surface area (Å²) in [5, 5.41) is 7.44. The molecule has 0 aliphatic carbocycles. The summed E-state index contributed by atoms with van der Waals surface area (Å²) in [6, 6.07) is 11.3. The van der Waals surface area contributed by atoms with E-state index in [1.165, 1.54) is 4.52 Å². The number of para-hydroxylation sites is 1. The van der Waals surface area contributed by atoms with Crippen molar-refractivity contribution in [1.82, 2.24) is 24.4 Å². The molecule has 4 aromatic rings. The number of aromatic nitrogens is 5. The number of aryl methyl sites for hydroxylation is 1. The Morgan fingerprint density at radius 3 is 2.81 bits per heavy atom. The van der Waals surface area contributed by atoms with E-state index in [4.69, 9.17) is 9.72 Å². The third-order valence-corrected chi connectivity index (χ3v) is 4.76. The van der Waals surface area contributed by atoms with E-state index in [1.807, 2.05) is 48.1 Å². The third kappa shape index (κ3) is 3.01. The van der Waals surface area contributed by atoms with Gasteiger partial charge in [-0.1, -0.05) is 12.1 Å². The van der Waals surface area contributed by atoms with Gasteiger partial charge in [0.1, 0.15) is 5.75 Å². The second-order valence-corrected chi connectivity index (χ2v) is 6.60. The van der Waals surface area contributed by atoms with E-state index in [9.17, 15) is 4.79 Å². The van der Waals surface area contributed by atoms with Gasteiger partial charge < -0.3 is 4.74 Å². The van der Waals surface area contributed by atoms with Crippen molar-refractivity contribution < 1.29 is 4.74 Å². The summed E-state index contributed by atoms with van der Waals surface area (Å²) in [6.45, 7) is 4.02. The molecular weight excluding hydrogens is 342 g/mol. The number of nitrogens with one attached hydrogen (secondary N) is 1. The van der Waals surface area contributed by atoms with Crippen molar-refractivity contribution in [3.63, 3.8) is 0 Å². The lowest BCUT2D eigenvalue weighted by atomic mass is 10.1. The summed E-state index contributed by atoms with van der Waals surface area (Å²) < 4.78 is 8.82. The number of aromatic amines is 1. The van der Waals surface area contributed by atoms with Gasteiger partial charge in [0, 0.05) is 36.0 Å². The highest BCUT2D eigenvalue weighted by molar-refractivity contribution is 5.74. The van der Waals surface area contributed by atoms with Crippen LogP contribution in [0.4, 0.5) is 0 Å². The highest BCUT2D eigenvalue weighted by Crippen LogP contribution is 2.31. The Hall–Kier alpha value is -3.35. The summed E-state index contributed by atoms with van der Waals surface area (Å²) in [4.78, 5) is 17.4. The molecule has 7 heteroatoms. The first-order valence-corrected chi connectivity index (χ1v) is 8.82. The van der Waals surface area contributed by atoms with Crippen LogP contribution in [0.25, 0.3) is 16.9 Å². The van der Waals surface area contributed by atoms with Gasteiger partial charge in [0.2, 0.25) is 0 Å². The Balaban J connectivity index is 1.79. The van der Waals surface area contributed by atoms with Crippen molar-refractivity contribution in [1.29, 1.82) is 0 Å². The summed E-state index contributed by atoms with van der Waals surface area (Å²) >= 11 is 0. The van der Waals surface area contributed by atoms with Crippen LogP contribution < -0.4 is 10.3 Å². The van der Waals surface area contributed by atoms with Crippen molar-refractivity contribution in [3.8, 4) is 17.0 Å². The molecule has 0 amide bonds. The number of fused-ring (bicyclic) bond motifs is 1. The van der Waals surface area contributed by atoms with Crippen molar-refractivity contribution >= 4 is 5.65 Å². The largest absolute Gasteiger partial charge is 0.496 e. The minimum atomic E-state index is -0.132. The molecule has 1 atom stereocenters. The minimum Gasteiger partial charge on any atom is -0.496 e. The molecule has 1 N–H and O–H groups in total. The van der Waals surface area contributed by atoms with Crippen molar-refractivity contribution in [2.75, 3.05) is 7.11 Å². The summed E-state index contributed by atoms with van der Waals surface area (Å²) in [5.41, 5.74) is 3.88. The molecule has 3 aromatic heterocycles. The van der Waals surface area contributed by atoms with E-state index in [0.29, 0.717) is 12.1 Å². The number of methoxy groups -OCH3 is 1. The Bertz CT molecular complexity index is 1140. The van der Waals surface area contributed by atoms with Crippen LogP contribution in [-0.4, -0.2) is 31.5 Å². The number of rotatable bonds is 5. The number of ether oxygens (including phenoxy) is 1. The van der Waals surface area contributed by atoms with Crippen LogP contribution >= 0.6 is 0 Å². The standard InChI is InChI=1S/C20H21N5O2/c1-13(24-10-6-9-21-24)11-15-12-18(26)25-20(22-15)14(2)19(23-25)16-7-4-5-8-17(16)27-3/h4-10,12-13,23H,11H2,1-3H3/t13-/m0/s1. The van der Waals surface area contributed by atoms with Crippen LogP contribution in [0, 0.1) is 6.92 Å². The maximum absolute atomic E-state index is 12.7. The fourth-order valence-electron chi connectivity index (χ4n) is 3.35. The van der Waals surface area contributed by atoms with Gasteiger partial charge in [-0.2, -0.15) is 5.10 Å².